The molecule has 9 heteroatoms. The van der Waals surface area contributed by atoms with Crippen LogP contribution >= 0.6 is 0 Å². The van der Waals surface area contributed by atoms with E-state index in [2.05, 4.69) is 9.47 Å². The molecule has 0 aliphatic rings. The predicted molar refractivity (Wildman–Crippen MR) is 53.4 cm³/mol. The maximum atomic E-state index is 10.4. The van der Waals surface area contributed by atoms with E-state index in [1.165, 1.54) is 12.5 Å². The Kier molecular flexibility index (Phi) is 14.4. The summed E-state index contributed by atoms with van der Waals surface area (Å²) < 4.78 is 47.8. The van der Waals surface area contributed by atoms with Crippen LogP contribution in [-0.2, 0) is 9.47 Å². The van der Waals surface area contributed by atoms with Crippen molar-refractivity contribution < 1.29 is 31.5 Å². The van der Waals surface area contributed by atoms with Crippen LogP contribution in [0.3, 0.4) is 0 Å². The first kappa shape index (κ1) is 20.0. The van der Waals surface area contributed by atoms with Crippen molar-refractivity contribution in [3.63, 3.8) is 0 Å². The van der Waals surface area contributed by atoms with Crippen LogP contribution in [0.5, 0.6) is 0 Å². The van der Waals surface area contributed by atoms with Gasteiger partial charge in [-0.3, -0.25) is 0 Å². The fourth-order valence-corrected chi connectivity index (χ4v) is 0.275. The minimum Gasteiger partial charge on any atom is -0.418 e. The van der Waals surface area contributed by atoms with Gasteiger partial charge in [0, 0.05) is 0 Å². The van der Waals surface area contributed by atoms with E-state index in [9.17, 15) is 22.1 Å². The number of ether oxygens (including phenoxy) is 2. The average molecular weight is 247 g/mol. The number of allylic oxidation sites excluding steroid dienone is 2. The van der Waals surface area contributed by atoms with Crippen LogP contribution in [0.1, 0.15) is 13.8 Å². The first-order valence-corrected chi connectivity index (χ1v) is 3.78. The summed E-state index contributed by atoms with van der Waals surface area (Å²) in [6.45, 7) is 3.48. The van der Waals surface area contributed by atoms with Gasteiger partial charge in [0.1, 0.15) is 0 Å². The van der Waals surface area contributed by atoms with Crippen molar-refractivity contribution >= 4 is 13.4 Å². The quantitative estimate of drug-likeness (QED) is 0.348. The van der Waals surface area contributed by atoms with Crippen LogP contribution in [0.2, 0.25) is 0 Å². The van der Waals surface area contributed by atoms with Crippen molar-refractivity contribution in [3.8, 4) is 0 Å². The van der Waals surface area contributed by atoms with E-state index in [0.29, 0.717) is 0 Å². The van der Waals surface area contributed by atoms with Crippen LogP contribution in [0.25, 0.3) is 0 Å². The molecule has 0 aromatic rings. The summed E-state index contributed by atoms with van der Waals surface area (Å²) >= 11 is 0. The summed E-state index contributed by atoms with van der Waals surface area (Å²) in [7, 11) is -6.00. The van der Waals surface area contributed by atoms with Crippen molar-refractivity contribution in [2.45, 2.75) is 13.8 Å². The lowest BCUT2D eigenvalue weighted by molar-refractivity contribution is 0.119. The smallest absolute Gasteiger partial charge is 0.418 e. The Morgan fingerprint density at radius 3 is 1.44 bits per heavy atom. The van der Waals surface area contributed by atoms with E-state index in [0.717, 1.165) is 0 Å². The second kappa shape index (κ2) is 11.6. The van der Waals surface area contributed by atoms with Gasteiger partial charge in [0.05, 0.1) is 12.5 Å². The molecule has 96 valence electrons. The Morgan fingerprint density at radius 2 is 1.25 bits per heavy atom. The highest BCUT2D eigenvalue weighted by atomic mass is 19.5. The van der Waals surface area contributed by atoms with Crippen molar-refractivity contribution in [3.05, 3.63) is 24.7 Å². The molecule has 0 atom stereocenters. The molecule has 0 aliphatic heterocycles. The summed E-state index contributed by atoms with van der Waals surface area (Å²) in [5.41, 5.74) is 0. The van der Waals surface area contributed by atoms with E-state index in [4.69, 9.17) is 0 Å². The lowest BCUT2D eigenvalue weighted by Gasteiger charge is -1.94. The monoisotopic (exact) mass is 247 g/mol. The third-order valence-electron chi connectivity index (χ3n) is 0.601. The molecule has 0 heterocycles. The number of hydrogen-bond acceptors (Lipinski definition) is 3. The first-order valence-electron chi connectivity index (χ1n) is 3.78. The molecule has 0 aromatic heterocycles. The molecule has 0 rings (SSSR count). The second-order valence-corrected chi connectivity index (χ2v) is 1.92. The summed E-state index contributed by atoms with van der Waals surface area (Å²) in [4.78, 5) is 10.4. The van der Waals surface area contributed by atoms with Gasteiger partial charge in [-0.15, -0.1) is 0 Å². The molecule has 0 bridgehead atoms. The van der Waals surface area contributed by atoms with Crippen molar-refractivity contribution in [1.29, 1.82) is 0 Å². The number of carbonyl (C=O) groups excluding carboxylic acids is 1. The standard InChI is InChI=1S/C7H10O3.BF4.H3N/c1-3-5-9-7(8)10-6-4-2;2-1(3,4)5;/h3-6H,1-2H3;;1H3/q;-1;/p+1. The average Bonchev–Trinajstić information content (AvgIpc) is 2.08. The minimum absolute atomic E-state index is 0. The van der Waals surface area contributed by atoms with Gasteiger partial charge in [0.15, 0.2) is 0 Å². The highest BCUT2D eigenvalue weighted by Crippen LogP contribution is 2.06. The molecule has 0 spiro atoms. The SMILES string of the molecule is CC=COC(=O)OC=CC.F[B-](F)(F)F.[NH4+]. The van der Waals surface area contributed by atoms with E-state index in [1.807, 2.05) is 0 Å². The van der Waals surface area contributed by atoms with E-state index in [1.54, 1.807) is 26.0 Å². The zero-order valence-electron chi connectivity index (χ0n) is 9.12. The van der Waals surface area contributed by atoms with Crippen molar-refractivity contribution in [2.24, 2.45) is 0 Å². The molecular weight excluding hydrogens is 233 g/mol. The molecule has 16 heavy (non-hydrogen) atoms. The number of hydrogen-bond donors (Lipinski definition) is 1. The molecule has 0 saturated carbocycles. The highest BCUT2D eigenvalue weighted by molar-refractivity contribution is 6.50. The van der Waals surface area contributed by atoms with Gasteiger partial charge in [0.25, 0.3) is 0 Å². The summed E-state index contributed by atoms with van der Waals surface area (Å²) in [6, 6.07) is 0. The Hall–Kier alpha value is -1.51. The Labute approximate surface area is 90.6 Å². The normalized spacial score (nSPS) is 10.4. The number of carbonyl (C=O) groups is 1. The van der Waals surface area contributed by atoms with E-state index < -0.39 is 13.4 Å². The molecule has 4 N–H and O–H groups in total. The van der Waals surface area contributed by atoms with Crippen LogP contribution in [-0.4, -0.2) is 13.4 Å². The first-order chi connectivity index (χ1) is 6.81. The summed E-state index contributed by atoms with van der Waals surface area (Å²) in [5, 5.41) is 0. The summed E-state index contributed by atoms with van der Waals surface area (Å²) in [5.74, 6) is 0. The van der Waals surface area contributed by atoms with Gasteiger partial charge in [-0.2, -0.15) is 0 Å². The van der Waals surface area contributed by atoms with E-state index >= 15 is 0 Å². The van der Waals surface area contributed by atoms with Crippen LogP contribution < -0.4 is 6.15 Å². The van der Waals surface area contributed by atoms with Gasteiger partial charge >= 0.3 is 13.4 Å². The van der Waals surface area contributed by atoms with Gasteiger partial charge in [-0.25, -0.2) is 4.79 Å². The van der Waals surface area contributed by atoms with Crippen LogP contribution in [0, 0.1) is 0 Å². The molecular formula is C7H14BF4NO3. The maximum absolute atomic E-state index is 10.4. The highest BCUT2D eigenvalue weighted by Gasteiger charge is 2.20. The zero-order valence-corrected chi connectivity index (χ0v) is 9.12. The van der Waals surface area contributed by atoms with Gasteiger partial charge in [-0.05, 0) is 13.8 Å². The third kappa shape index (κ3) is 39.1. The lowest BCUT2D eigenvalue weighted by Crippen LogP contribution is -2.02. The molecule has 4 nitrogen and oxygen atoms in total. The molecule has 0 aromatic carbocycles. The van der Waals surface area contributed by atoms with Crippen molar-refractivity contribution in [1.82, 2.24) is 6.15 Å². The van der Waals surface area contributed by atoms with Crippen LogP contribution in [0.15, 0.2) is 24.7 Å². The van der Waals surface area contributed by atoms with Gasteiger partial charge < -0.3 is 32.9 Å². The Morgan fingerprint density at radius 1 is 1.00 bits per heavy atom. The van der Waals surface area contributed by atoms with Crippen LogP contribution in [0.4, 0.5) is 22.1 Å². The fraction of sp³-hybridized carbons (Fsp3) is 0.286. The number of quaternary nitrogens is 1. The second-order valence-electron chi connectivity index (χ2n) is 1.92. The largest absolute Gasteiger partial charge is 0.673 e. The minimum atomic E-state index is -6.00. The number of halogens is 4. The predicted octanol–water partition coefficient (Wildman–Crippen LogP) is 3.88. The van der Waals surface area contributed by atoms with Crippen molar-refractivity contribution in [2.75, 3.05) is 0 Å². The third-order valence-corrected chi connectivity index (χ3v) is 0.601. The topological polar surface area (TPSA) is 72.0 Å². The summed E-state index contributed by atoms with van der Waals surface area (Å²) in [6.07, 6.45) is 4.97. The van der Waals surface area contributed by atoms with Gasteiger partial charge in [0.2, 0.25) is 0 Å². The molecule has 0 aliphatic carbocycles. The van der Waals surface area contributed by atoms with E-state index in [-0.39, 0.29) is 6.15 Å². The number of rotatable bonds is 2. The molecule has 0 saturated heterocycles. The van der Waals surface area contributed by atoms with Gasteiger partial charge in [-0.1, -0.05) is 12.2 Å². The molecule has 0 unspecified atom stereocenters. The molecule has 0 radical (unpaired) electrons. The zero-order chi connectivity index (χ0) is 12.3. The Bertz CT molecular complexity index is 208. The lowest BCUT2D eigenvalue weighted by atomic mass is 10.3. The Balaban J connectivity index is -0.000000242. The molecule has 0 fully saturated rings. The molecule has 0 amide bonds. The maximum Gasteiger partial charge on any atom is 0.673 e. The fourth-order valence-electron chi connectivity index (χ4n) is 0.275.